The Labute approximate surface area is 117 Å². The van der Waals surface area contributed by atoms with Crippen molar-refractivity contribution in [2.75, 3.05) is 11.1 Å². The summed E-state index contributed by atoms with van der Waals surface area (Å²) < 4.78 is 1.01. The van der Waals surface area contributed by atoms with E-state index in [9.17, 15) is 4.79 Å². The van der Waals surface area contributed by atoms with Crippen molar-refractivity contribution < 1.29 is 4.79 Å². The van der Waals surface area contributed by atoms with E-state index in [-0.39, 0.29) is 5.91 Å². The van der Waals surface area contributed by atoms with Crippen molar-refractivity contribution in [2.45, 2.75) is 0 Å². The number of hydrogen-bond acceptors (Lipinski definition) is 2. The molecule has 1 amide bonds. The van der Waals surface area contributed by atoms with E-state index >= 15 is 0 Å². The van der Waals surface area contributed by atoms with Crippen molar-refractivity contribution in [2.24, 2.45) is 0 Å². The highest BCUT2D eigenvalue weighted by atomic mass is 127. The maximum atomic E-state index is 11.8. The number of amides is 1. The summed E-state index contributed by atoms with van der Waals surface area (Å²) >= 11 is 8.16. The smallest absolute Gasteiger partial charge is 0.272 e. The van der Waals surface area contributed by atoms with Crippen LogP contribution in [-0.2, 0) is 0 Å². The maximum absolute atomic E-state index is 11.8. The lowest BCUT2D eigenvalue weighted by atomic mass is 10.3. The Hall–Kier alpha value is -1.21. The molecule has 0 aliphatic rings. The van der Waals surface area contributed by atoms with E-state index in [1.54, 1.807) is 24.4 Å². The van der Waals surface area contributed by atoms with Crippen LogP contribution in [0.4, 0.5) is 11.4 Å². The molecule has 4 nitrogen and oxygen atoms in total. The monoisotopic (exact) mass is 361 g/mol. The zero-order valence-electron chi connectivity index (χ0n) is 8.63. The van der Waals surface area contributed by atoms with Gasteiger partial charge in [-0.25, -0.2) is 0 Å². The maximum Gasteiger partial charge on any atom is 0.272 e. The summed E-state index contributed by atoms with van der Waals surface area (Å²) in [5.74, 6) is -0.273. The average molecular weight is 362 g/mol. The molecular formula is C11H9ClIN3O. The highest BCUT2D eigenvalue weighted by molar-refractivity contribution is 14.1. The van der Waals surface area contributed by atoms with Crippen molar-refractivity contribution in [3.8, 4) is 0 Å². The standard InChI is InChI=1S/C11H9ClIN3O/c12-8-3-6(13)1-2-9(8)16-11(17)10-4-7(14)5-15-10/h1-5,15H,14H2,(H,16,17). The van der Waals surface area contributed by atoms with Gasteiger partial charge in [0.1, 0.15) is 5.69 Å². The van der Waals surface area contributed by atoms with Crippen LogP contribution in [0, 0.1) is 3.57 Å². The topological polar surface area (TPSA) is 70.9 Å². The number of H-pyrrole nitrogens is 1. The first-order chi connectivity index (χ1) is 8.06. The van der Waals surface area contributed by atoms with E-state index in [1.807, 2.05) is 6.07 Å². The van der Waals surface area contributed by atoms with Crippen LogP contribution >= 0.6 is 34.2 Å². The van der Waals surface area contributed by atoms with E-state index in [0.29, 0.717) is 22.1 Å². The molecule has 4 N–H and O–H groups in total. The minimum absolute atomic E-state index is 0.273. The number of carbonyl (C=O) groups excluding carboxylic acids is 1. The number of hydrogen-bond donors (Lipinski definition) is 3. The molecule has 0 atom stereocenters. The van der Waals surface area contributed by atoms with Crippen molar-refractivity contribution >= 4 is 51.5 Å². The Balaban J connectivity index is 2.18. The van der Waals surface area contributed by atoms with Crippen molar-refractivity contribution in [1.29, 1.82) is 0 Å². The Kier molecular flexibility index (Phi) is 3.58. The normalized spacial score (nSPS) is 10.2. The van der Waals surface area contributed by atoms with Crippen LogP contribution in [0.25, 0.3) is 0 Å². The van der Waals surface area contributed by atoms with E-state index in [4.69, 9.17) is 17.3 Å². The predicted octanol–water partition coefficient (Wildman–Crippen LogP) is 3.11. The zero-order chi connectivity index (χ0) is 12.4. The van der Waals surface area contributed by atoms with Crippen LogP contribution in [0.3, 0.4) is 0 Å². The fourth-order valence-electron chi connectivity index (χ4n) is 1.32. The summed E-state index contributed by atoms with van der Waals surface area (Å²) in [4.78, 5) is 14.6. The molecule has 6 heteroatoms. The number of nitrogens with one attached hydrogen (secondary N) is 2. The summed E-state index contributed by atoms with van der Waals surface area (Å²) in [6, 6.07) is 6.97. The van der Waals surface area contributed by atoms with Crippen molar-refractivity contribution in [3.05, 3.63) is 44.7 Å². The van der Waals surface area contributed by atoms with Crippen molar-refractivity contribution in [3.63, 3.8) is 0 Å². The third kappa shape index (κ3) is 2.92. The minimum Gasteiger partial charge on any atom is -0.397 e. The fraction of sp³-hybridized carbons (Fsp3) is 0. The second kappa shape index (κ2) is 4.97. The summed E-state index contributed by atoms with van der Waals surface area (Å²) in [6.45, 7) is 0. The SMILES string of the molecule is Nc1c[nH]c(C(=O)Nc2ccc(I)cc2Cl)c1. The number of rotatable bonds is 2. The largest absolute Gasteiger partial charge is 0.397 e. The van der Waals surface area contributed by atoms with E-state index in [0.717, 1.165) is 3.57 Å². The summed E-state index contributed by atoms with van der Waals surface area (Å²) in [6.07, 6.45) is 1.56. The molecule has 1 aromatic carbocycles. The van der Waals surface area contributed by atoms with Crippen LogP contribution in [0.1, 0.15) is 10.5 Å². The van der Waals surface area contributed by atoms with Crippen LogP contribution in [-0.4, -0.2) is 10.9 Å². The highest BCUT2D eigenvalue weighted by Crippen LogP contribution is 2.24. The van der Waals surface area contributed by atoms with Gasteiger partial charge in [-0.05, 0) is 46.9 Å². The van der Waals surface area contributed by atoms with E-state index in [1.165, 1.54) is 0 Å². The Morgan fingerprint density at radius 2 is 2.18 bits per heavy atom. The number of aromatic nitrogens is 1. The van der Waals surface area contributed by atoms with Crippen LogP contribution in [0.5, 0.6) is 0 Å². The lowest BCUT2D eigenvalue weighted by Gasteiger charge is -2.06. The van der Waals surface area contributed by atoms with E-state index < -0.39 is 0 Å². The van der Waals surface area contributed by atoms with Gasteiger partial charge in [-0.15, -0.1) is 0 Å². The second-order valence-corrected chi connectivity index (χ2v) is 5.08. The molecule has 0 saturated carbocycles. The van der Waals surface area contributed by atoms with Gasteiger partial charge in [-0.3, -0.25) is 4.79 Å². The molecule has 0 saturated heterocycles. The second-order valence-electron chi connectivity index (χ2n) is 3.42. The molecule has 1 heterocycles. The van der Waals surface area contributed by atoms with Gasteiger partial charge in [-0.1, -0.05) is 11.6 Å². The fourth-order valence-corrected chi connectivity index (χ4v) is 2.23. The molecular weight excluding hydrogens is 352 g/mol. The van der Waals surface area contributed by atoms with Crippen molar-refractivity contribution in [1.82, 2.24) is 4.98 Å². The van der Waals surface area contributed by atoms with Gasteiger partial charge in [0.05, 0.1) is 10.7 Å². The number of benzene rings is 1. The Morgan fingerprint density at radius 1 is 1.41 bits per heavy atom. The van der Waals surface area contributed by atoms with Gasteiger partial charge >= 0.3 is 0 Å². The molecule has 1 aromatic heterocycles. The lowest BCUT2D eigenvalue weighted by Crippen LogP contribution is -2.12. The summed E-state index contributed by atoms with van der Waals surface area (Å²) in [5, 5.41) is 3.21. The Morgan fingerprint density at radius 3 is 2.76 bits per heavy atom. The molecule has 2 aromatic rings. The number of aromatic amines is 1. The minimum atomic E-state index is -0.273. The molecule has 0 aliphatic heterocycles. The molecule has 0 spiro atoms. The van der Waals surface area contributed by atoms with Gasteiger partial charge in [0.25, 0.3) is 5.91 Å². The Bertz CT molecular complexity index is 568. The van der Waals surface area contributed by atoms with Crippen LogP contribution < -0.4 is 11.1 Å². The molecule has 17 heavy (non-hydrogen) atoms. The van der Waals surface area contributed by atoms with E-state index in [2.05, 4.69) is 32.9 Å². The molecule has 0 bridgehead atoms. The van der Waals surface area contributed by atoms with Gasteiger partial charge in [0.2, 0.25) is 0 Å². The number of anilines is 2. The first-order valence-electron chi connectivity index (χ1n) is 4.76. The lowest BCUT2D eigenvalue weighted by molar-refractivity contribution is 0.102. The van der Waals surface area contributed by atoms with Gasteiger partial charge in [-0.2, -0.15) is 0 Å². The summed E-state index contributed by atoms with van der Waals surface area (Å²) in [5.41, 5.74) is 7.01. The third-order valence-electron chi connectivity index (χ3n) is 2.13. The van der Waals surface area contributed by atoms with Crippen LogP contribution in [0.15, 0.2) is 30.5 Å². The number of halogens is 2. The third-order valence-corrected chi connectivity index (χ3v) is 3.11. The molecule has 0 fully saturated rings. The first-order valence-corrected chi connectivity index (χ1v) is 6.22. The van der Waals surface area contributed by atoms with Crippen LogP contribution in [0.2, 0.25) is 5.02 Å². The first kappa shape index (κ1) is 12.3. The number of carbonyl (C=O) groups is 1. The van der Waals surface area contributed by atoms with Gasteiger partial charge < -0.3 is 16.0 Å². The molecule has 0 aliphatic carbocycles. The molecule has 2 rings (SSSR count). The average Bonchev–Trinajstić information content (AvgIpc) is 2.69. The quantitative estimate of drug-likeness (QED) is 0.719. The number of nitrogens with two attached hydrogens (primary N) is 1. The summed E-state index contributed by atoms with van der Waals surface area (Å²) in [7, 11) is 0. The number of nitrogen functional groups attached to an aromatic ring is 1. The highest BCUT2D eigenvalue weighted by Gasteiger charge is 2.10. The van der Waals surface area contributed by atoms with Gasteiger partial charge in [0.15, 0.2) is 0 Å². The zero-order valence-corrected chi connectivity index (χ0v) is 11.5. The molecule has 0 unspecified atom stereocenters. The predicted molar refractivity (Wildman–Crippen MR) is 77.3 cm³/mol. The molecule has 0 radical (unpaired) electrons. The molecule has 88 valence electrons. The van der Waals surface area contributed by atoms with Gasteiger partial charge in [0, 0.05) is 15.5 Å².